The normalized spacial score (nSPS) is 11.1. The number of sulfonamides is 1. The molecule has 0 fully saturated rings. The maximum absolute atomic E-state index is 12.9. The fourth-order valence-electron chi connectivity index (χ4n) is 3.00. The van der Waals surface area contributed by atoms with Crippen LogP contribution in [0.5, 0.6) is 0 Å². The van der Waals surface area contributed by atoms with Gasteiger partial charge in [0.25, 0.3) is 15.9 Å². The molecule has 0 radical (unpaired) electrons. The molecule has 5 nitrogen and oxygen atoms in total. The van der Waals surface area contributed by atoms with E-state index in [0.29, 0.717) is 23.4 Å². The first kappa shape index (κ1) is 20.6. The van der Waals surface area contributed by atoms with Gasteiger partial charge in [0.15, 0.2) is 0 Å². The predicted molar refractivity (Wildman–Crippen MR) is 115 cm³/mol. The first-order valence-electron chi connectivity index (χ1n) is 9.26. The lowest BCUT2D eigenvalue weighted by molar-refractivity contribution is 0.0785. The molecule has 29 heavy (non-hydrogen) atoms. The number of benzene rings is 3. The quantitative estimate of drug-likeness (QED) is 0.658. The molecule has 3 aromatic carbocycles. The number of hydrogen-bond acceptors (Lipinski definition) is 3. The Balaban J connectivity index is 1.83. The maximum atomic E-state index is 12.9. The van der Waals surface area contributed by atoms with Gasteiger partial charge in [-0.2, -0.15) is 0 Å². The van der Waals surface area contributed by atoms with Crippen LogP contribution in [0.25, 0.3) is 0 Å². The van der Waals surface area contributed by atoms with Gasteiger partial charge in [0.1, 0.15) is 0 Å². The summed E-state index contributed by atoms with van der Waals surface area (Å²) in [5, 5.41) is 0. The number of nitrogens with zero attached hydrogens (tertiary/aromatic N) is 1. The summed E-state index contributed by atoms with van der Waals surface area (Å²) >= 11 is 0. The second kappa shape index (κ2) is 8.49. The van der Waals surface area contributed by atoms with Crippen LogP contribution in [0, 0.1) is 13.8 Å². The Morgan fingerprint density at radius 2 is 1.59 bits per heavy atom. The molecule has 0 atom stereocenters. The molecule has 0 saturated carbocycles. The van der Waals surface area contributed by atoms with Crippen molar-refractivity contribution in [3.05, 3.63) is 95.1 Å². The highest BCUT2D eigenvalue weighted by molar-refractivity contribution is 7.92. The molecule has 0 saturated heterocycles. The van der Waals surface area contributed by atoms with Crippen molar-refractivity contribution in [2.75, 3.05) is 11.8 Å². The van der Waals surface area contributed by atoms with Crippen molar-refractivity contribution in [2.45, 2.75) is 25.3 Å². The van der Waals surface area contributed by atoms with Crippen LogP contribution >= 0.6 is 0 Å². The zero-order valence-electron chi connectivity index (χ0n) is 16.7. The van der Waals surface area contributed by atoms with Crippen LogP contribution in [-0.2, 0) is 16.6 Å². The van der Waals surface area contributed by atoms with Gasteiger partial charge in [-0.15, -0.1) is 0 Å². The molecular weight excluding hydrogens is 384 g/mol. The summed E-state index contributed by atoms with van der Waals surface area (Å²) in [6.45, 7) is 4.16. The van der Waals surface area contributed by atoms with Crippen LogP contribution in [0.4, 0.5) is 5.69 Å². The molecule has 0 aliphatic heterocycles. The largest absolute Gasteiger partial charge is 0.337 e. The van der Waals surface area contributed by atoms with Crippen LogP contribution in [0.2, 0.25) is 0 Å². The number of carbonyl (C=O) groups is 1. The average molecular weight is 409 g/mol. The van der Waals surface area contributed by atoms with Crippen molar-refractivity contribution in [3.8, 4) is 0 Å². The standard InChI is InChI=1S/C23H24N2O3S/c1-17-9-12-19(13-10-17)16-25(3)23(26)20-14-11-18(2)22(15-20)29(27,28)24-21-7-5-4-6-8-21/h4-15,24H,16H2,1-3H3. The number of carbonyl (C=O) groups excluding carboxylic acids is 1. The van der Waals surface area contributed by atoms with Crippen molar-refractivity contribution in [1.82, 2.24) is 4.90 Å². The van der Waals surface area contributed by atoms with E-state index in [0.717, 1.165) is 11.1 Å². The Morgan fingerprint density at radius 1 is 0.931 bits per heavy atom. The number of amides is 1. The summed E-state index contributed by atoms with van der Waals surface area (Å²) in [4.78, 5) is 14.5. The minimum absolute atomic E-state index is 0.0935. The van der Waals surface area contributed by atoms with Gasteiger partial charge >= 0.3 is 0 Å². The third-order valence-electron chi connectivity index (χ3n) is 4.64. The van der Waals surface area contributed by atoms with Crippen molar-refractivity contribution >= 4 is 21.6 Å². The Hall–Kier alpha value is -3.12. The summed E-state index contributed by atoms with van der Waals surface area (Å²) in [7, 11) is -2.10. The Morgan fingerprint density at radius 3 is 2.24 bits per heavy atom. The molecule has 3 rings (SSSR count). The zero-order chi connectivity index (χ0) is 21.0. The van der Waals surface area contributed by atoms with Crippen LogP contribution in [0.1, 0.15) is 27.0 Å². The molecule has 1 amide bonds. The second-order valence-corrected chi connectivity index (χ2v) is 8.75. The van der Waals surface area contributed by atoms with E-state index in [-0.39, 0.29) is 10.8 Å². The van der Waals surface area contributed by atoms with Gasteiger partial charge in [-0.05, 0) is 49.2 Å². The van der Waals surface area contributed by atoms with E-state index in [2.05, 4.69) is 4.72 Å². The summed E-state index contributed by atoms with van der Waals surface area (Å²) in [5.74, 6) is -0.235. The molecule has 0 unspecified atom stereocenters. The Bertz CT molecular complexity index is 1110. The molecule has 1 N–H and O–H groups in total. The SMILES string of the molecule is Cc1ccc(CN(C)C(=O)c2ccc(C)c(S(=O)(=O)Nc3ccccc3)c2)cc1. The fraction of sp³-hybridized carbons (Fsp3) is 0.174. The van der Waals surface area contributed by atoms with Crippen LogP contribution in [0.3, 0.4) is 0 Å². The minimum atomic E-state index is -3.81. The van der Waals surface area contributed by atoms with E-state index >= 15 is 0 Å². The topological polar surface area (TPSA) is 66.5 Å². The van der Waals surface area contributed by atoms with E-state index in [1.165, 1.54) is 6.07 Å². The molecule has 0 aromatic heterocycles. The number of para-hydroxylation sites is 1. The molecule has 0 aliphatic rings. The number of anilines is 1. The van der Waals surface area contributed by atoms with Crippen molar-refractivity contribution < 1.29 is 13.2 Å². The summed E-state index contributed by atoms with van der Waals surface area (Å²) in [6, 6.07) is 21.4. The monoisotopic (exact) mass is 408 g/mol. The lowest BCUT2D eigenvalue weighted by atomic mass is 10.1. The highest BCUT2D eigenvalue weighted by Crippen LogP contribution is 2.22. The average Bonchev–Trinajstić information content (AvgIpc) is 2.70. The highest BCUT2D eigenvalue weighted by Gasteiger charge is 2.20. The molecule has 6 heteroatoms. The van der Waals surface area contributed by atoms with E-state index in [4.69, 9.17) is 0 Å². The molecule has 0 spiro atoms. The molecule has 3 aromatic rings. The van der Waals surface area contributed by atoms with Gasteiger partial charge in [0.2, 0.25) is 0 Å². The highest BCUT2D eigenvalue weighted by atomic mass is 32.2. The van der Waals surface area contributed by atoms with Gasteiger partial charge in [-0.3, -0.25) is 9.52 Å². The predicted octanol–water partition coefficient (Wildman–Crippen LogP) is 4.38. The molecule has 150 valence electrons. The smallest absolute Gasteiger partial charge is 0.262 e. The van der Waals surface area contributed by atoms with Crippen molar-refractivity contribution in [3.63, 3.8) is 0 Å². The lowest BCUT2D eigenvalue weighted by Crippen LogP contribution is -2.26. The Labute approximate surface area is 172 Å². The first-order valence-corrected chi connectivity index (χ1v) is 10.7. The summed E-state index contributed by atoms with van der Waals surface area (Å²) < 4.78 is 28.3. The van der Waals surface area contributed by atoms with Gasteiger partial charge < -0.3 is 4.90 Å². The van der Waals surface area contributed by atoms with E-state index in [1.54, 1.807) is 55.3 Å². The number of nitrogens with one attached hydrogen (secondary N) is 1. The number of aryl methyl sites for hydroxylation is 2. The fourth-order valence-corrected chi connectivity index (χ4v) is 4.33. The first-order chi connectivity index (χ1) is 13.8. The van der Waals surface area contributed by atoms with Crippen LogP contribution in [-0.4, -0.2) is 26.3 Å². The van der Waals surface area contributed by atoms with Gasteiger partial charge in [0, 0.05) is 24.8 Å². The number of hydrogen-bond donors (Lipinski definition) is 1. The van der Waals surface area contributed by atoms with E-state index in [9.17, 15) is 13.2 Å². The third kappa shape index (κ3) is 5.03. The van der Waals surface area contributed by atoms with Gasteiger partial charge in [-0.1, -0.05) is 54.1 Å². The Kier molecular flexibility index (Phi) is 6.03. The molecule has 0 heterocycles. The third-order valence-corrected chi connectivity index (χ3v) is 6.16. The van der Waals surface area contributed by atoms with Crippen LogP contribution in [0.15, 0.2) is 77.7 Å². The number of rotatable bonds is 6. The van der Waals surface area contributed by atoms with Gasteiger partial charge in [-0.25, -0.2) is 8.42 Å². The minimum Gasteiger partial charge on any atom is -0.337 e. The van der Waals surface area contributed by atoms with E-state index < -0.39 is 10.0 Å². The lowest BCUT2D eigenvalue weighted by Gasteiger charge is -2.18. The maximum Gasteiger partial charge on any atom is 0.262 e. The van der Waals surface area contributed by atoms with Crippen molar-refractivity contribution in [2.24, 2.45) is 0 Å². The zero-order valence-corrected chi connectivity index (χ0v) is 17.5. The molecule has 0 aliphatic carbocycles. The van der Waals surface area contributed by atoms with E-state index in [1.807, 2.05) is 37.3 Å². The molecular formula is C23H24N2O3S. The van der Waals surface area contributed by atoms with Crippen LogP contribution < -0.4 is 4.72 Å². The summed E-state index contributed by atoms with van der Waals surface area (Å²) in [6.07, 6.45) is 0. The molecule has 0 bridgehead atoms. The summed E-state index contributed by atoms with van der Waals surface area (Å²) in [5.41, 5.74) is 3.55. The second-order valence-electron chi connectivity index (χ2n) is 7.10. The van der Waals surface area contributed by atoms with Gasteiger partial charge in [0.05, 0.1) is 4.90 Å². The van der Waals surface area contributed by atoms with Crippen molar-refractivity contribution in [1.29, 1.82) is 0 Å².